The Morgan fingerprint density at radius 2 is 2.21 bits per heavy atom. The molecule has 1 atom stereocenters. The number of hydrogen-bond acceptors (Lipinski definition) is 3. The number of likely N-dealkylation sites (N-methyl/N-ethyl adjacent to an activating group) is 1. The van der Waals surface area contributed by atoms with Crippen LogP contribution in [0.4, 0.5) is 0 Å². The number of aromatic amines is 1. The van der Waals surface area contributed by atoms with Gasteiger partial charge in [-0.3, -0.25) is 0 Å². The third-order valence-electron chi connectivity index (χ3n) is 3.47. The molecule has 19 heavy (non-hydrogen) atoms. The molecule has 1 heterocycles. The second-order valence-corrected chi connectivity index (χ2v) is 5.43. The summed E-state index contributed by atoms with van der Waals surface area (Å²) in [5, 5.41) is 0. The lowest BCUT2D eigenvalue weighted by atomic mass is 10.1. The van der Waals surface area contributed by atoms with Gasteiger partial charge in [-0.15, -0.1) is 0 Å². The molecule has 0 saturated heterocycles. The Hall–Kier alpha value is -1.39. The highest BCUT2D eigenvalue weighted by Gasteiger charge is 2.02. The summed E-state index contributed by atoms with van der Waals surface area (Å²) in [5.41, 5.74) is 9.27. The second kappa shape index (κ2) is 6.68. The zero-order valence-corrected chi connectivity index (χ0v) is 11.9. The van der Waals surface area contributed by atoms with Gasteiger partial charge < -0.3 is 15.6 Å². The van der Waals surface area contributed by atoms with E-state index >= 15 is 0 Å². The van der Waals surface area contributed by atoms with Crippen LogP contribution in [0, 0.1) is 0 Å². The number of hydrogen-bond donors (Lipinski definition) is 2. The predicted molar refractivity (Wildman–Crippen MR) is 80.2 cm³/mol. The first-order valence-corrected chi connectivity index (χ1v) is 7.01. The first-order valence-electron chi connectivity index (χ1n) is 7.01. The molecule has 0 fully saturated rings. The van der Waals surface area contributed by atoms with Gasteiger partial charge >= 0.3 is 0 Å². The molecule has 3 N–H and O–H groups in total. The molecule has 0 bridgehead atoms. The molecule has 2 rings (SSSR count). The van der Waals surface area contributed by atoms with Gasteiger partial charge in [-0.1, -0.05) is 6.07 Å². The highest BCUT2D eigenvalue weighted by Crippen LogP contribution is 2.12. The largest absolute Gasteiger partial charge is 0.345 e. The zero-order chi connectivity index (χ0) is 13.7. The van der Waals surface area contributed by atoms with Crippen molar-refractivity contribution in [3.8, 4) is 0 Å². The molecule has 1 aromatic heterocycles. The molecule has 0 saturated carbocycles. The number of H-pyrrole nitrogens is 1. The molecule has 104 valence electrons. The van der Waals surface area contributed by atoms with Gasteiger partial charge in [0.2, 0.25) is 0 Å². The number of nitrogens with zero attached hydrogens (tertiary/aromatic N) is 2. The van der Waals surface area contributed by atoms with Crippen molar-refractivity contribution in [2.45, 2.75) is 32.2 Å². The lowest BCUT2D eigenvalue weighted by Crippen LogP contribution is -2.24. The van der Waals surface area contributed by atoms with Gasteiger partial charge in [0.25, 0.3) is 0 Å². The Bertz CT molecular complexity index is 504. The fourth-order valence-electron chi connectivity index (χ4n) is 2.25. The van der Waals surface area contributed by atoms with Gasteiger partial charge in [-0.2, -0.15) is 0 Å². The molecule has 0 radical (unpaired) electrons. The van der Waals surface area contributed by atoms with Crippen molar-refractivity contribution in [2.75, 3.05) is 20.1 Å². The molecule has 1 aromatic carbocycles. The number of benzene rings is 1. The van der Waals surface area contributed by atoms with Crippen LogP contribution >= 0.6 is 0 Å². The van der Waals surface area contributed by atoms with E-state index < -0.39 is 0 Å². The number of rotatable bonds is 7. The lowest BCUT2D eigenvalue weighted by Gasteiger charge is -2.17. The van der Waals surface area contributed by atoms with Crippen LogP contribution in [-0.4, -0.2) is 41.0 Å². The van der Waals surface area contributed by atoms with Crippen molar-refractivity contribution in [1.82, 2.24) is 14.9 Å². The smallest absolute Gasteiger partial charge is 0.0931 e. The molecule has 0 aliphatic carbocycles. The van der Waals surface area contributed by atoms with Crippen molar-refractivity contribution in [3.63, 3.8) is 0 Å². The Morgan fingerprint density at radius 1 is 1.37 bits per heavy atom. The molecule has 2 aromatic rings. The minimum Gasteiger partial charge on any atom is -0.345 e. The molecule has 1 unspecified atom stereocenters. The second-order valence-electron chi connectivity index (χ2n) is 5.43. The van der Waals surface area contributed by atoms with Crippen LogP contribution in [0.2, 0.25) is 0 Å². The standard InChI is InChI=1S/C15H24N4/c1-12(16)4-3-8-19(2)9-7-13-5-6-14-15(10-13)18-11-17-14/h5-6,10-12H,3-4,7-9,16H2,1-2H3,(H,17,18). The third kappa shape index (κ3) is 4.33. The normalized spacial score (nSPS) is 13.3. The van der Waals surface area contributed by atoms with Crippen LogP contribution < -0.4 is 5.73 Å². The summed E-state index contributed by atoms with van der Waals surface area (Å²) < 4.78 is 0. The van der Waals surface area contributed by atoms with Gasteiger partial charge in [0.15, 0.2) is 0 Å². The van der Waals surface area contributed by atoms with Gasteiger partial charge in [0, 0.05) is 12.6 Å². The van der Waals surface area contributed by atoms with Crippen molar-refractivity contribution in [2.24, 2.45) is 5.73 Å². The maximum atomic E-state index is 5.76. The SMILES string of the molecule is CC(N)CCCN(C)CCc1ccc2nc[nH]c2c1. The van der Waals surface area contributed by atoms with Crippen LogP contribution in [0.15, 0.2) is 24.5 Å². The van der Waals surface area contributed by atoms with E-state index in [1.165, 1.54) is 12.0 Å². The van der Waals surface area contributed by atoms with E-state index in [9.17, 15) is 0 Å². The average Bonchev–Trinajstić information content (AvgIpc) is 2.83. The van der Waals surface area contributed by atoms with E-state index in [0.29, 0.717) is 6.04 Å². The number of fused-ring (bicyclic) bond motifs is 1. The summed E-state index contributed by atoms with van der Waals surface area (Å²) in [6, 6.07) is 6.75. The first-order chi connectivity index (χ1) is 9.15. The van der Waals surface area contributed by atoms with Crippen LogP contribution in [0.1, 0.15) is 25.3 Å². The predicted octanol–water partition coefficient (Wildman–Crippen LogP) is 2.16. The van der Waals surface area contributed by atoms with Crippen LogP contribution in [-0.2, 0) is 6.42 Å². The van der Waals surface area contributed by atoms with E-state index in [2.05, 4.69) is 47.0 Å². The van der Waals surface area contributed by atoms with E-state index in [1.54, 1.807) is 6.33 Å². The molecule has 4 heteroatoms. The van der Waals surface area contributed by atoms with Crippen molar-refractivity contribution >= 4 is 11.0 Å². The highest BCUT2D eigenvalue weighted by molar-refractivity contribution is 5.75. The molecular weight excluding hydrogens is 236 g/mol. The monoisotopic (exact) mass is 260 g/mol. The van der Waals surface area contributed by atoms with E-state index in [-0.39, 0.29) is 0 Å². The van der Waals surface area contributed by atoms with Crippen molar-refractivity contribution in [1.29, 1.82) is 0 Å². The molecule has 0 spiro atoms. The van der Waals surface area contributed by atoms with Crippen LogP contribution in [0.5, 0.6) is 0 Å². The summed E-state index contributed by atoms with van der Waals surface area (Å²) in [6.07, 6.45) is 5.09. The molecule has 0 aliphatic heterocycles. The van der Waals surface area contributed by atoms with Gasteiger partial charge in [0.05, 0.1) is 17.4 Å². The zero-order valence-electron chi connectivity index (χ0n) is 11.9. The van der Waals surface area contributed by atoms with Crippen molar-refractivity contribution in [3.05, 3.63) is 30.1 Å². The number of nitrogens with two attached hydrogens (primary N) is 1. The topological polar surface area (TPSA) is 57.9 Å². The average molecular weight is 260 g/mol. The Balaban J connectivity index is 1.77. The molecule has 4 nitrogen and oxygen atoms in total. The van der Waals surface area contributed by atoms with E-state index in [1.807, 2.05) is 0 Å². The highest BCUT2D eigenvalue weighted by atomic mass is 15.1. The fourth-order valence-corrected chi connectivity index (χ4v) is 2.25. The molecule has 0 amide bonds. The fraction of sp³-hybridized carbons (Fsp3) is 0.533. The Labute approximate surface area is 115 Å². The third-order valence-corrected chi connectivity index (χ3v) is 3.47. The maximum absolute atomic E-state index is 5.76. The summed E-state index contributed by atoms with van der Waals surface area (Å²) in [6.45, 7) is 4.27. The van der Waals surface area contributed by atoms with Crippen LogP contribution in [0.3, 0.4) is 0 Å². The van der Waals surface area contributed by atoms with Crippen molar-refractivity contribution < 1.29 is 0 Å². The van der Waals surface area contributed by atoms with Gasteiger partial charge in [-0.05, 0) is 57.5 Å². The van der Waals surface area contributed by atoms with Gasteiger partial charge in [-0.25, -0.2) is 4.98 Å². The minimum absolute atomic E-state index is 0.316. The van der Waals surface area contributed by atoms with Gasteiger partial charge in [0.1, 0.15) is 0 Å². The lowest BCUT2D eigenvalue weighted by molar-refractivity contribution is 0.326. The van der Waals surface area contributed by atoms with Crippen LogP contribution in [0.25, 0.3) is 11.0 Å². The maximum Gasteiger partial charge on any atom is 0.0931 e. The number of imidazole rings is 1. The van der Waals surface area contributed by atoms with E-state index in [0.717, 1.165) is 37.0 Å². The summed E-state index contributed by atoms with van der Waals surface area (Å²) >= 11 is 0. The minimum atomic E-state index is 0.316. The first kappa shape index (κ1) is 14.0. The quantitative estimate of drug-likeness (QED) is 0.802. The Morgan fingerprint density at radius 3 is 3.00 bits per heavy atom. The summed E-state index contributed by atoms with van der Waals surface area (Å²) in [4.78, 5) is 9.76. The number of nitrogens with one attached hydrogen (secondary N) is 1. The van der Waals surface area contributed by atoms with E-state index in [4.69, 9.17) is 5.73 Å². The molecular formula is C15H24N4. The summed E-state index contributed by atoms with van der Waals surface area (Å²) in [5.74, 6) is 0. The number of aromatic nitrogens is 2. The summed E-state index contributed by atoms with van der Waals surface area (Å²) in [7, 11) is 2.18. The molecule has 0 aliphatic rings. The Kier molecular flexibility index (Phi) is 4.93.